The molecule has 9 heteroatoms. The maximum Gasteiger partial charge on any atom is 0.269 e. The summed E-state index contributed by atoms with van der Waals surface area (Å²) in [6, 6.07) is 9.49. The predicted octanol–water partition coefficient (Wildman–Crippen LogP) is 2.88. The standard InChI is InChI=1S/C16H18ClN3O4S/c1-11-9-12(3-8-15(11)17)16(18)10-19(2)25(23,24)14-6-4-13(5-7-14)20(21)22/h3-9,16H,10,18H2,1-2H3/t16-/m1/s1. The van der Waals surface area contributed by atoms with E-state index in [0.717, 1.165) is 27.6 Å². The number of sulfonamides is 1. The number of halogens is 1. The third-order valence-electron chi connectivity index (χ3n) is 3.82. The molecule has 134 valence electrons. The van der Waals surface area contributed by atoms with Gasteiger partial charge in [0, 0.05) is 36.8 Å². The summed E-state index contributed by atoms with van der Waals surface area (Å²) in [5.74, 6) is 0. The van der Waals surface area contributed by atoms with E-state index < -0.39 is 21.0 Å². The monoisotopic (exact) mass is 383 g/mol. The quantitative estimate of drug-likeness (QED) is 0.609. The number of nitro benzene ring substituents is 1. The van der Waals surface area contributed by atoms with E-state index in [2.05, 4.69) is 0 Å². The van der Waals surface area contributed by atoms with E-state index in [1.807, 2.05) is 13.0 Å². The van der Waals surface area contributed by atoms with Crippen LogP contribution in [0.4, 0.5) is 5.69 Å². The fourth-order valence-electron chi connectivity index (χ4n) is 2.30. The summed E-state index contributed by atoms with van der Waals surface area (Å²) in [5.41, 5.74) is 7.57. The van der Waals surface area contributed by atoms with Crippen LogP contribution in [0.25, 0.3) is 0 Å². The van der Waals surface area contributed by atoms with Crippen molar-refractivity contribution in [2.24, 2.45) is 5.73 Å². The van der Waals surface area contributed by atoms with Gasteiger partial charge in [0.1, 0.15) is 0 Å². The van der Waals surface area contributed by atoms with E-state index in [1.165, 1.54) is 19.2 Å². The number of nitrogens with zero attached hydrogens (tertiary/aromatic N) is 2. The Bertz CT molecular complexity index is 885. The van der Waals surface area contributed by atoms with Crippen LogP contribution >= 0.6 is 11.6 Å². The summed E-state index contributed by atoms with van der Waals surface area (Å²) in [6.07, 6.45) is 0. The zero-order valence-corrected chi connectivity index (χ0v) is 15.3. The van der Waals surface area contributed by atoms with Gasteiger partial charge in [-0.25, -0.2) is 8.42 Å². The van der Waals surface area contributed by atoms with Crippen LogP contribution in [0.2, 0.25) is 5.02 Å². The number of aryl methyl sites for hydroxylation is 1. The van der Waals surface area contributed by atoms with Crippen molar-refractivity contribution >= 4 is 27.3 Å². The molecule has 0 saturated carbocycles. The molecule has 0 aliphatic rings. The molecule has 0 amide bonds. The van der Waals surface area contributed by atoms with Crippen LogP contribution in [0.5, 0.6) is 0 Å². The van der Waals surface area contributed by atoms with E-state index in [-0.39, 0.29) is 17.1 Å². The zero-order chi connectivity index (χ0) is 18.8. The number of nitrogens with two attached hydrogens (primary N) is 1. The molecule has 2 rings (SSSR count). The summed E-state index contributed by atoms with van der Waals surface area (Å²) in [6.45, 7) is 1.90. The Labute approximate surface area is 151 Å². The zero-order valence-electron chi connectivity index (χ0n) is 13.7. The third-order valence-corrected chi connectivity index (χ3v) is 6.08. The number of rotatable bonds is 6. The van der Waals surface area contributed by atoms with Gasteiger partial charge in [-0.3, -0.25) is 10.1 Å². The molecule has 7 nitrogen and oxygen atoms in total. The second-order valence-corrected chi connectivity index (χ2v) is 8.10. The number of non-ortho nitro benzene ring substituents is 1. The first kappa shape index (κ1) is 19.3. The minimum absolute atomic E-state index is 0.0277. The Hall–Kier alpha value is -2.00. The number of benzene rings is 2. The SMILES string of the molecule is Cc1cc([C@H](N)CN(C)S(=O)(=O)c2ccc([N+](=O)[O-])cc2)ccc1Cl. The van der Waals surface area contributed by atoms with Crippen molar-refractivity contribution in [2.45, 2.75) is 17.9 Å². The van der Waals surface area contributed by atoms with Crippen molar-refractivity contribution in [1.29, 1.82) is 0 Å². The average Bonchev–Trinajstić information content (AvgIpc) is 2.57. The maximum atomic E-state index is 12.6. The second-order valence-electron chi connectivity index (χ2n) is 5.65. The highest BCUT2D eigenvalue weighted by atomic mass is 35.5. The first-order chi connectivity index (χ1) is 11.6. The molecule has 0 aromatic heterocycles. The molecule has 25 heavy (non-hydrogen) atoms. The van der Waals surface area contributed by atoms with Crippen molar-refractivity contribution in [2.75, 3.05) is 13.6 Å². The number of likely N-dealkylation sites (N-methyl/N-ethyl adjacent to an activating group) is 1. The third kappa shape index (κ3) is 4.35. The van der Waals surface area contributed by atoms with Crippen LogP contribution in [0.3, 0.4) is 0 Å². The van der Waals surface area contributed by atoms with E-state index in [1.54, 1.807) is 12.1 Å². The molecule has 0 unspecified atom stereocenters. The minimum Gasteiger partial charge on any atom is -0.323 e. The van der Waals surface area contributed by atoms with Crippen LogP contribution < -0.4 is 5.73 Å². The topological polar surface area (TPSA) is 107 Å². The summed E-state index contributed by atoms with van der Waals surface area (Å²) in [5, 5.41) is 11.3. The highest BCUT2D eigenvalue weighted by Crippen LogP contribution is 2.23. The van der Waals surface area contributed by atoms with Gasteiger partial charge in [-0.15, -0.1) is 0 Å². The lowest BCUT2D eigenvalue weighted by molar-refractivity contribution is -0.384. The van der Waals surface area contributed by atoms with Gasteiger partial charge in [0.05, 0.1) is 9.82 Å². The predicted molar refractivity (Wildman–Crippen MR) is 96.0 cm³/mol. The van der Waals surface area contributed by atoms with E-state index in [0.29, 0.717) is 5.02 Å². The highest BCUT2D eigenvalue weighted by molar-refractivity contribution is 7.89. The maximum absolute atomic E-state index is 12.6. The van der Waals surface area contributed by atoms with Gasteiger partial charge in [-0.1, -0.05) is 23.7 Å². The van der Waals surface area contributed by atoms with Gasteiger partial charge in [0.15, 0.2) is 0 Å². The van der Waals surface area contributed by atoms with Crippen molar-refractivity contribution in [3.05, 3.63) is 68.7 Å². The Morgan fingerprint density at radius 2 is 1.84 bits per heavy atom. The van der Waals surface area contributed by atoms with Crippen molar-refractivity contribution in [1.82, 2.24) is 4.31 Å². The van der Waals surface area contributed by atoms with Gasteiger partial charge >= 0.3 is 0 Å². The molecule has 0 heterocycles. The van der Waals surface area contributed by atoms with Crippen LogP contribution in [0.1, 0.15) is 17.2 Å². The molecule has 0 saturated heterocycles. The largest absolute Gasteiger partial charge is 0.323 e. The molecule has 0 spiro atoms. The Kier molecular flexibility index (Phi) is 5.79. The van der Waals surface area contributed by atoms with E-state index in [4.69, 9.17) is 17.3 Å². The summed E-state index contributed by atoms with van der Waals surface area (Å²) in [4.78, 5) is 10.1. The fraction of sp³-hybridized carbons (Fsp3) is 0.250. The molecular weight excluding hydrogens is 366 g/mol. The van der Waals surface area contributed by atoms with Gasteiger partial charge in [-0.05, 0) is 36.2 Å². The average molecular weight is 384 g/mol. The van der Waals surface area contributed by atoms with Crippen LogP contribution in [-0.2, 0) is 10.0 Å². The highest BCUT2D eigenvalue weighted by Gasteiger charge is 2.24. The minimum atomic E-state index is -3.80. The second kappa shape index (κ2) is 7.49. The normalized spacial score (nSPS) is 13.0. The fourth-order valence-corrected chi connectivity index (χ4v) is 3.61. The van der Waals surface area contributed by atoms with Crippen LogP contribution in [-0.4, -0.2) is 31.2 Å². The molecule has 0 radical (unpaired) electrons. The van der Waals surface area contributed by atoms with Crippen molar-refractivity contribution in [3.63, 3.8) is 0 Å². The molecule has 0 bridgehead atoms. The van der Waals surface area contributed by atoms with E-state index >= 15 is 0 Å². The smallest absolute Gasteiger partial charge is 0.269 e. The lowest BCUT2D eigenvalue weighted by Gasteiger charge is -2.22. The molecule has 1 atom stereocenters. The van der Waals surface area contributed by atoms with Gasteiger partial charge < -0.3 is 5.73 Å². The lowest BCUT2D eigenvalue weighted by Crippen LogP contribution is -2.34. The number of hydrogen-bond acceptors (Lipinski definition) is 5. The summed E-state index contributed by atoms with van der Waals surface area (Å²) < 4.78 is 26.3. The molecule has 0 aliphatic carbocycles. The van der Waals surface area contributed by atoms with Crippen molar-refractivity contribution < 1.29 is 13.3 Å². The molecule has 2 N–H and O–H groups in total. The molecular formula is C16H18ClN3O4S. The Morgan fingerprint density at radius 1 is 1.24 bits per heavy atom. The molecule has 2 aromatic carbocycles. The van der Waals surface area contributed by atoms with E-state index in [9.17, 15) is 18.5 Å². The van der Waals surface area contributed by atoms with Gasteiger partial charge in [-0.2, -0.15) is 4.31 Å². The lowest BCUT2D eigenvalue weighted by atomic mass is 10.1. The molecule has 0 aliphatic heterocycles. The van der Waals surface area contributed by atoms with Crippen molar-refractivity contribution in [3.8, 4) is 0 Å². The Morgan fingerprint density at radius 3 is 2.36 bits per heavy atom. The van der Waals surface area contributed by atoms with Crippen LogP contribution in [0.15, 0.2) is 47.4 Å². The number of hydrogen-bond donors (Lipinski definition) is 1. The summed E-state index contributed by atoms with van der Waals surface area (Å²) >= 11 is 5.98. The first-order valence-electron chi connectivity index (χ1n) is 7.35. The molecule has 2 aromatic rings. The summed E-state index contributed by atoms with van der Waals surface area (Å²) in [7, 11) is -2.38. The van der Waals surface area contributed by atoms with Crippen LogP contribution in [0, 0.1) is 17.0 Å². The number of nitro groups is 1. The van der Waals surface area contributed by atoms with Gasteiger partial charge in [0.25, 0.3) is 5.69 Å². The first-order valence-corrected chi connectivity index (χ1v) is 9.17. The molecule has 0 fully saturated rings. The Balaban J connectivity index is 2.18. The van der Waals surface area contributed by atoms with Gasteiger partial charge in [0.2, 0.25) is 10.0 Å².